The van der Waals surface area contributed by atoms with Crippen LogP contribution in [-0.2, 0) is 6.18 Å². The molecule has 10 nitrogen and oxygen atoms in total. The van der Waals surface area contributed by atoms with Crippen molar-refractivity contribution in [2.24, 2.45) is 5.10 Å². The van der Waals surface area contributed by atoms with Crippen molar-refractivity contribution >= 4 is 40.6 Å². The molecule has 0 aliphatic carbocycles. The Hall–Kier alpha value is -5.30. The number of nitrogens with one attached hydrogen (secondary N) is 3. The summed E-state index contributed by atoms with van der Waals surface area (Å²) in [7, 11) is 3.05. The molecule has 0 aliphatic rings. The Morgan fingerprint density at radius 3 is 2.20 bits per heavy atom. The number of hydrogen-bond donors (Lipinski definition) is 3. The van der Waals surface area contributed by atoms with Gasteiger partial charge in [0.05, 0.1) is 30.5 Å². The Morgan fingerprint density at radius 1 is 0.841 bits per heavy atom. The maximum Gasteiger partial charge on any atom is 0.417 e. The fourth-order valence-electron chi connectivity index (χ4n) is 3.77. The second kappa shape index (κ2) is 13.8. The number of pyridine rings is 1. The number of hydrogen-bond acceptors (Lipinski definition) is 7. The van der Waals surface area contributed by atoms with Gasteiger partial charge in [-0.25, -0.2) is 10.2 Å². The number of carbonyl (C=O) groups excluding carboxylic acids is 2. The summed E-state index contributed by atoms with van der Waals surface area (Å²) < 4.78 is 55.5. The van der Waals surface area contributed by atoms with Gasteiger partial charge < -0.3 is 24.8 Å². The van der Waals surface area contributed by atoms with E-state index in [0.29, 0.717) is 40.0 Å². The van der Waals surface area contributed by atoms with Crippen molar-refractivity contribution in [1.29, 1.82) is 0 Å². The lowest BCUT2D eigenvalue weighted by Crippen LogP contribution is -2.20. The van der Waals surface area contributed by atoms with Crippen LogP contribution >= 0.6 is 11.6 Å². The zero-order valence-electron chi connectivity index (χ0n) is 23.5. The van der Waals surface area contributed by atoms with Gasteiger partial charge in [0.15, 0.2) is 11.5 Å². The largest absolute Gasteiger partial charge is 0.493 e. The molecule has 228 valence electrons. The van der Waals surface area contributed by atoms with E-state index in [9.17, 15) is 22.8 Å². The van der Waals surface area contributed by atoms with E-state index in [1.54, 1.807) is 43.3 Å². The number of methoxy groups -OCH3 is 2. The zero-order valence-corrected chi connectivity index (χ0v) is 24.2. The molecule has 1 heterocycles. The maximum absolute atomic E-state index is 13.1. The predicted molar refractivity (Wildman–Crippen MR) is 159 cm³/mol. The minimum Gasteiger partial charge on any atom is -0.493 e. The molecule has 3 aromatic carbocycles. The number of halogens is 4. The molecule has 0 saturated heterocycles. The minimum absolute atomic E-state index is 0.0530. The van der Waals surface area contributed by atoms with Gasteiger partial charge in [0.1, 0.15) is 17.2 Å². The van der Waals surface area contributed by atoms with Crippen molar-refractivity contribution in [3.63, 3.8) is 0 Å². The fraction of sp³-hybridized carbons (Fsp3) is 0.133. The molecule has 3 amide bonds. The first-order valence-electron chi connectivity index (χ1n) is 12.7. The van der Waals surface area contributed by atoms with Gasteiger partial charge in [-0.05, 0) is 73.7 Å². The van der Waals surface area contributed by atoms with Crippen molar-refractivity contribution < 1.29 is 37.0 Å². The van der Waals surface area contributed by atoms with Gasteiger partial charge in [0.2, 0.25) is 0 Å². The van der Waals surface area contributed by atoms with Crippen LogP contribution in [0.5, 0.6) is 23.0 Å². The SMILES string of the molecule is COc1ccc(/C(C)=N/NC(=O)c2cc(Oc3ccc(NC(=O)Nc4ccc(Cl)c(C(F)(F)F)c4)cc3)ccn2)cc1OC. The van der Waals surface area contributed by atoms with E-state index >= 15 is 0 Å². The molecule has 1 aromatic heterocycles. The van der Waals surface area contributed by atoms with Gasteiger partial charge in [-0.1, -0.05) is 11.6 Å². The number of rotatable bonds is 9. The van der Waals surface area contributed by atoms with Gasteiger partial charge in [0.25, 0.3) is 5.91 Å². The Balaban J connectivity index is 1.35. The van der Waals surface area contributed by atoms with Crippen molar-refractivity contribution in [1.82, 2.24) is 10.4 Å². The quantitative estimate of drug-likeness (QED) is 0.132. The van der Waals surface area contributed by atoms with Crippen LogP contribution in [0.1, 0.15) is 28.5 Å². The van der Waals surface area contributed by atoms with E-state index in [1.165, 1.54) is 44.7 Å². The third-order valence-corrected chi connectivity index (χ3v) is 6.30. The topological polar surface area (TPSA) is 123 Å². The lowest BCUT2D eigenvalue weighted by atomic mass is 10.1. The summed E-state index contributed by atoms with van der Waals surface area (Å²) in [6, 6.07) is 16.7. The number of carbonyl (C=O) groups is 2. The molecule has 44 heavy (non-hydrogen) atoms. The summed E-state index contributed by atoms with van der Waals surface area (Å²) in [5.74, 6) is 1.20. The van der Waals surface area contributed by atoms with Crippen molar-refractivity contribution in [3.05, 3.63) is 101 Å². The van der Waals surface area contributed by atoms with E-state index < -0.39 is 28.7 Å². The summed E-state index contributed by atoms with van der Waals surface area (Å²) >= 11 is 5.61. The van der Waals surface area contributed by atoms with Crippen molar-refractivity contribution in [3.8, 4) is 23.0 Å². The molecule has 14 heteroatoms. The number of anilines is 2. The van der Waals surface area contributed by atoms with E-state index in [4.69, 9.17) is 25.8 Å². The number of alkyl halides is 3. The van der Waals surface area contributed by atoms with Crippen molar-refractivity contribution in [2.75, 3.05) is 24.9 Å². The number of benzene rings is 3. The first-order valence-corrected chi connectivity index (χ1v) is 13.1. The number of hydrazone groups is 1. The molecule has 0 aliphatic heterocycles. The molecule has 0 atom stereocenters. The molecular weight excluding hydrogens is 603 g/mol. The van der Waals surface area contributed by atoms with E-state index in [1.807, 2.05) is 0 Å². The van der Waals surface area contributed by atoms with Gasteiger partial charge in [-0.3, -0.25) is 9.78 Å². The normalized spacial score (nSPS) is 11.4. The molecule has 0 unspecified atom stereocenters. The van der Waals surface area contributed by atoms with Crippen LogP contribution in [0.4, 0.5) is 29.3 Å². The van der Waals surface area contributed by atoms with Crippen LogP contribution in [0.3, 0.4) is 0 Å². The number of amides is 3. The summed E-state index contributed by atoms with van der Waals surface area (Å²) in [4.78, 5) is 29.0. The molecule has 0 bridgehead atoms. The monoisotopic (exact) mass is 627 g/mol. The molecule has 0 radical (unpaired) electrons. The van der Waals surface area contributed by atoms with Gasteiger partial charge in [0, 0.05) is 29.2 Å². The first kappa shape index (κ1) is 31.6. The highest BCUT2D eigenvalue weighted by Gasteiger charge is 2.33. The molecule has 4 aromatic rings. The zero-order chi connectivity index (χ0) is 31.9. The first-order chi connectivity index (χ1) is 21.0. The second-order valence-electron chi connectivity index (χ2n) is 8.98. The van der Waals surface area contributed by atoms with Crippen molar-refractivity contribution in [2.45, 2.75) is 13.1 Å². The maximum atomic E-state index is 13.1. The molecule has 3 N–H and O–H groups in total. The minimum atomic E-state index is -4.67. The Labute approximate surface area is 254 Å². The average Bonchev–Trinajstić information content (AvgIpc) is 3.00. The van der Waals surface area contributed by atoms with Gasteiger partial charge in [-0.15, -0.1) is 0 Å². The third-order valence-electron chi connectivity index (χ3n) is 5.97. The number of ether oxygens (including phenoxy) is 3. The predicted octanol–water partition coefficient (Wildman–Crippen LogP) is 7.36. The van der Waals surface area contributed by atoms with Crippen LogP contribution in [0.25, 0.3) is 0 Å². The Bertz CT molecular complexity index is 1700. The molecule has 0 saturated carbocycles. The Kier molecular flexibility index (Phi) is 9.91. The van der Waals surface area contributed by atoms with E-state index in [2.05, 4.69) is 26.1 Å². The molecule has 0 spiro atoms. The van der Waals surface area contributed by atoms with Crippen LogP contribution in [0.15, 0.2) is 84.1 Å². The summed E-state index contributed by atoms with van der Waals surface area (Å²) in [6.07, 6.45) is -3.27. The molecular formula is C30H25ClF3N5O5. The van der Waals surface area contributed by atoms with Crippen LogP contribution in [0.2, 0.25) is 5.02 Å². The Morgan fingerprint density at radius 2 is 1.52 bits per heavy atom. The highest BCUT2D eigenvalue weighted by molar-refractivity contribution is 6.31. The highest BCUT2D eigenvalue weighted by atomic mass is 35.5. The number of aromatic nitrogens is 1. The van der Waals surface area contributed by atoms with Gasteiger partial charge >= 0.3 is 12.2 Å². The summed E-state index contributed by atoms with van der Waals surface area (Å²) in [5, 5.41) is 8.51. The lowest BCUT2D eigenvalue weighted by Gasteiger charge is -2.12. The molecule has 4 rings (SSSR count). The average molecular weight is 628 g/mol. The fourth-order valence-corrected chi connectivity index (χ4v) is 4.00. The van der Waals surface area contributed by atoms with E-state index in [-0.39, 0.29) is 11.4 Å². The number of nitrogens with zero attached hydrogens (tertiary/aromatic N) is 2. The third kappa shape index (κ3) is 8.16. The van der Waals surface area contributed by atoms with Gasteiger partial charge in [-0.2, -0.15) is 18.3 Å². The van der Waals surface area contributed by atoms with Crippen LogP contribution in [0, 0.1) is 0 Å². The molecule has 0 fully saturated rings. The standard InChI is InChI=1S/C30H25ClF3N5O5/c1-17(18-4-11-26(42-2)27(14-18)43-3)38-39-28(40)25-16-22(12-13-35-25)44-21-8-5-19(6-9-21)36-29(41)37-20-7-10-24(31)23(15-20)30(32,33)34/h4-16H,1-3H3,(H,39,40)(H2,36,37,41)/b38-17+. The summed E-state index contributed by atoms with van der Waals surface area (Å²) in [6.45, 7) is 1.72. The smallest absolute Gasteiger partial charge is 0.417 e. The number of urea groups is 1. The lowest BCUT2D eigenvalue weighted by molar-refractivity contribution is -0.137. The summed E-state index contributed by atoms with van der Waals surface area (Å²) in [5.41, 5.74) is 2.95. The second-order valence-corrected chi connectivity index (χ2v) is 9.39. The van der Waals surface area contributed by atoms with Crippen LogP contribution < -0.4 is 30.3 Å². The van der Waals surface area contributed by atoms with Crippen LogP contribution in [-0.4, -0.2) is 36.9 Å². The highest BCUT2D eigenvalue weighted by Crippen LogP contribution is 2.36. The van der Waals surface area contributed by atoms with E-state index in [0.717, 1.165) is 12.1 Å².